The van der Waals surface area contributed by atoms with E-state index in [1.54, 1.807) is 0 Å². The average Bonchev–Trinajstić information content (AvgIpc) is 2.75. The van der Waals surface area contributed by atoms with E-state index in [9.17, 15) is 5.11 Å². The van der Waals surface area contributed by atoms with E-state index in [-0.39, 0.29) is 18.2 Å². The van der Waals surface area contributed by atoms with Gasteiger partial charge in [-0.1, -0.05) is 18.2 Å². The van der Waals surface area contributed by atoms with Crippen LogP contribution < -0.4 is 10.1 Å². The van der Waals surface area contributed by atoms with Gasteiger partial charge in [-0.25, -0.2) is 0 Å². The zero-order valence-electron chi connectivity index (χ0n) is 12.4. The Morgan fingerprint density at radius 3 is 2.80 bits per heavy atom. The lowest BCUT2D eigenvalue weighted by atomic mass is 9.97. The number of para-hydroxylation sites is 1. The molecule has 20 heavy (non-hydrogen) atoms. The fourth-order valence-corrected chi connectivity index (χ4v) is 3.31. The first-order valence-corrected chi connectivity index (χ1v) is 7.47. The van der Waals surface area contributed by atoms with Crippen molar-refractivity contribution >= 4 is 0 Å². The number of benzene rings is 1. The van der Waals surface area contributed by atoms with E-state index in [1.807, 2.05) is 0 Å². The quantitative estimate of drug-likeness (QED) is 0.874. The number of piperazine rings is 1. The molecule has 0 radical (unpaired) electrons. The minimum absolute atomic E-state index is 0.0425. The Hall–Kier alpha value is -1.10. The van der Waals surface area contributed by atoms with E-state index in [0.29, 0.717) is 0 Å². The third kappa shape index (κ3) is 2.55. The van der Waals surface area contributed by atoms with Crippen LogP contribution in [0.25, 0.3) is 0 Å². The normalized spacial score (nSPS) is 23.1. The molecule has 0 aromatic heterocycles. The largest absolute Gasteiger partial charge is 0.487 e. The first-order valence-electron chi connectivity index (χ1n) is 7.47. The van der Waals surface area contributed by atoms with Crippen LogP contribution in [-0.2, 0) is 6.42 Å². The topological polar surface area (TPSA) is 44.7 Å². The fourth-order valence-electron chi connectivity index (χ4n) is 3.31. The molecular formula is C16H24N2O2. The SMILES string of the molecule is CC1(C)Cc2cccc(C(CO)N3CCNCC3)c2O1. The van der Waals surface area contributed by atoms with Gasteiger partial charge < -0.3 is 15.2 Å². The highest BCUT2D eigenvalue weighted by Gasteiger charge is 2.34. The predicted octanol–water partition coefficient (Wildman–Crippen LogP) is 1.34. The molecular weight excluding hydrogens is 252 g/mol. The van der Waals surface area contributed by atoms with Gasteiger partial charge in [0.2, 0.25) is 0 Å². The summed E-state index contributed by atoms with van der Waals surface area (Å²) >= 11 is 0. The van der Waals surface area contributed by atoms with Gasteiger partial charge in [-0.3, -0.25) is 4.90 Å². The maximum absolute atomic E-state index is 9.88. The van der Waals surface area contributed by atoms with Crippen molar-refractivity contribution in [2.24, 2.45) is 0 Å². The third-order valence-corrected chi connectivity index (χ3v) is 4.25. The van der Waals surface area contributed by atoms with E-state index in [2.05, 4.69) is 42.3 Å². The summed E-state index contributed by atoms with van der Waals surface area (Å²) in [5.74, 6) is 0.995. The van der Waals surface area contributed by atoms with Crippen LogP contribution in [0.5, 0.6) is 5.75 Å². The number of nitrogens with zero attached hydrogens (tertiary/aromatic N) is 1. The summed E-state index contributed by atoms with van der Waals surface area (Å²) in [4.78, 5) is 2.35. The second kappa shape index (κ2) is 5.35. The van der Waals surface area contributed by atoms with Crippen molar-refractivity contribution in [2.45, 2.75) is 31.9 Å². The Kier molecular flexibility index (Phi) is 3.71. The third-order valence-electron chi connectivity index (χ3n) is 4.25. The molecule has 0 aliphatic carbocycles. The Bertz CT molecular complexity index is 481. The van der Waals surface area contributed by atoms with Crippen LogP contribution in [0, 0.1) is 0 Å². The molecule has 1 unspecified atom stereocenters. The molecule has 2 aliphatic heterocycles. The fraction of sp³-hybridized carbons (Fsp3) is 0.625. The highest BCUT2D eigenvalue weighted by Crippen LogP contribution is 2.41. The summed E-state index contributed by atoms with van der Waals surface area (Å²) in [6.45, 7) is 8.29. The van der Waals surface area contributed by atoms with Crippen molar-refractivity contribution in [2.75, 3.05) is 32.8 Å². The lowest BCUT2D eigenvalue weighted by Crippen LogP contribution is -2.46. The Morgan fingerprint density at radius 1 is 1.35 bits per heavy atom. The van der Waals surface area contributed by atoms with Gasteiger partial charge in [0.25, 0.3) is 0 Å². The first kappa shape index (κ1) is 13.9. The van der Waals surface area contributed by atoms with Crippen molar-refractivity contribution in [3.63, 3.8) is 0 Å². The minimum atomic E-state index is -0.137. The summed E-state index contributed by atoms with van der Waals surface area (Å²) in [6, 6.07) is 6.37. The summed E-state index contributed by atoms with van der Waals surface area (Å²) in [5.41, 5.74) is 2.26. The monoisotopic (exact) mass is 276 g/mol. The second-order valence-electron chi connectivity index (χ2n) is 6.36. The van der Waals surface area contributed by atoms with Crippen molar-refractivity contribution < 1.29 is 9.84 Å². The van der Waals surface area contributed by atoms with Gasteiger partial charge in [0.1, 0.15) is 11.4 Å². The van der Waals surface area contributed by atoms with E-state index in [1.165, 1.54) is 5.56 Å². The van der Waals surface area contributed by atoms with Crippen molar-refractivity contribution in [1.82, 2.24) is 10.2 Å². The summed E-state index contributed by atoms with van der Waals surface area (Å²) in [7, 11) is 0. The molecule has 2 heterocycles. The predicted molar refractivity (Wildman–Crippen MR) is 79.1 cm³/mol. The van der Waals surface area contributed by atoms with Crippen LogP contribution in [0.3, 0.4) is 0 Å². The zero-order valence-corrected chi connectivity index (χ0v) is 12.4. The number of ether oxygens (including phenoxy) is 1. The standard InChI is InChI=1S/C16H24N2O2/c1-16(2)10-12-4-3-5-13(15(12)20-16)14(11-19)18-8-6-17-7-9-18/h3-5,14,17,19H,6-11H2,1-2H3. The molecule has 4 heteroatoms. The molecule has 2 aliphatic rings. The van der Waals surface area contributed by atoms with Crippen LogP contribution in [0.15, 0.2) is 18.2 Å². The highest BCUT2D eigenvalue weighted by atomic mass is 16.5. The Morgan fingerprint density at radius 2 is 2.10 bits per heavy atom. The van der Waals surface area contributed by atoms with Gasteiger partial charge >= 0.3 is 0 Å². The smallest absolute Gasteiger partial charge is 0.128 e. The van der Waals surface area contributed by atoms with Gasteiger partial charge in [-0.2, -0.15) is 0 Å². The van der Waals surface area contributed by atoms with Gasteiger partial charge in [0.05, 0.1) is 12.6 Å². The van der Waals surface area contributed by atoms with Crippen LogP contribution in [-0.4, -0.2) is 48.4 Å². The molecule has 3 rings (SSSR count). The van der Waals surface area contributed by atoms with Crippen LogP contribution >= 0.6 is 0 Å². The van der Waals surface area contributed by atoms with Crippen LogP contribution in [0.1, 0.15) is 31.0 Å². The molecule has 0 saturated carbocycles. The summed E-state index contributed by atoms with van der Waals surface area (Å²) in [5, 5.41) is 13.2. The lowest BCUT2D eigenvalue weighted by molar-refractivity contribution is 0.1000. The molecule has 1 atom stereocenters. The highest BCUT2D eigenvalue weighted by molar-refractivity contribution is 5.47. The number of nitrogens with one attached hydrogen (secondary N) is 1. The zero-order chi connectivity index (χ0) is 14.2. The van der Waals surface area contributed by atoms with Gasteiger partial charge in [-0.15, -0.1) is 0 Å². The number of aliphatic hydroxyl groups is 1. The van der Waals surface area contributed by atoms with Gasteiger partial charge in [0, 0.05) is 38.2 Å². The van der Waals surface area contributed by atoms with Crippen molar-refractivity contribution in [3.8, 4) is 5.75 Å². The van der Waals surface area contributed by atoms with Crippen LogP contribution in [0.4, 0.5) is 0 Å². The number of fused-ring (bicyclic) bond motifs is 1. The lowest BCUT2D eigenvalue weighted by Gasteiger charge is -2.35. The molecule has 1 aromatic carbocycles. The Labute approximate surface area is 120 Å². The van der Waals surface area contributed by atoms with E-state index in [4.69, 9.17) is 4.74 Å². The summed E-state index contributed by atoms with van der Waals surface area (Å²) in [6.07, 6.45) is 0.940. The average molecular weight is 276 g/mol. The molecule has 0 amide bonds. The van der Waals surface area contributed by atoms with Crippen molar-refractivity contribution in [3.05, 3.63) is 29.3 Å². The molecule has 4 nitrogen and oxygen atoms in total. The van der Waals surface area contributed by atoms with Crippen LogP contribution in [0.2, 0.25) is 0 Å². The van der Waals surface area contributed by atoms with E-state index in [0.717, 1.165) is 43.9 Å². The number of hydrogen-bond donors (Lipinski definition) is 2. The maximum atomic E-state index is 9.88. The molecule has 2 N–H and O–H groups in total. The maximum Gasteiger partial charge on any atom is 0.128 e. The molecule has 1 aromatic rings. The van der Waals surface area contributed by atoms with Gasteiger partial charge in [-0.05, 0) is 19.4 Å². The molecule has 0 spiro atoms. The first-order chi connectivity index (χ1) is 9.61. The van der Waals surface area contributed by atoms with Crippen molar-refractivity contribution in [1.29, 1.82) is 0 Å². The van der Waals surface area contributed by atoms with E-state index < -0.39 is 0 Å². The van der Waals surface area contributed by atoms with E-state index >= 15 is 0 Å². The second-order valence-corrected chi connectivity index (χ2v) is 6.36. The summed E-state index contributed by atoms with van der Waals surface area (Å²) < 4.78 is 6.15. The molecule has 110 valence electrons. The molecule has 1 saturated heterocycles. The minimum Gasteiger partial charge on any atom is -0.487 e. The molecule has 1 fully saturated rings. The van der Waals surface area contributed by atoms with Gasteiger partial charge in [0.15, 0.2) is 0 Å². The number of aliphatic hydroxyl groups excluding tert-OH is 1. The number of hydrogen-bond acceptors (Lipinski definition) is 4. The number of rotatable bonds is 3. The molecule has 0 bridgehead atoms. The Balaban J connectivity index is 1.91.